The van der Waals surface area contributed by atoms with Crippen LogP contribution in [-0.2, 0) is 11.3 Å². The Bertz CT molecular complexity index is 954. The van der Waals surface area contributed by atoms with E-state index in [1.807, 2.05) is 30.3 Å². The lowest BCUT2D eigenvalue weighted by atomic mass is 10.2. The molecule has 3 rings (SSSR count). The molecule has 2 N–H and O–H groups in total. The van der Waals surface area contributed by atoms with Gasteiger partial charge in [0.1, 0.15) is 12.4 Å². The normalized spacial score (nSPS) is 10.7. The van der Waals surface area contributed by atoms with Crippen molar-refractivity contribution in [3.63, 3.8) is 0 Å². The van der Waals surface area contributed by atoms with Crippen LogP contribution in [0.1, 0.15) is 6.42 Å². The number of carbonyl (C=O) groups excluding carboxylic acids is 1. The summed E-state index contributed by atoms with van der Waals surface area (Å²) in [6.07, 6.45) is 2.17. The van der Waals surface area contributed by atoms with Crippen LogP contribution in [0.15, 0.2) is 59.7 Å². The molecule has 0 radical (unpaired) electrons. The highest BCUT2D eigenvalue weighted by Crippen LogP contribution is 2.14. The van der Waals surface area contributed by atoms with E-state index in [0.717, 1.165) is 5.75 Å². The molecule has 7 nitrogen and oxygen atoms in total. The van der Waals surface area contributed by atoms with Crippen molar-refractivity contribution in [3.05, 3.63) is 65.2 Å². The van der Waals surface area contributed by atoms with E-state index in [-0.39, 0.29) is 5.56 Å². The number of rotatable bonds is 7. The summed E-state index contributed by atoms with van der Waals surface area (Å²) >= 11 is 0. The fourth-order valence-corrected chi connectivity index (χ4v) is 2.54. The maximum Gasteiger partial charge on any atom is 0.261 e. The van der Waals surface area contributed by atoms with E-state index in [2.05, 4.69) is 10.3 Å². The summed E-state index contributed by atoms with van der Waals surface area (Å²) in [6, 6.07) is 14.4. The highest BCUT2D eigenvalue weighted by molar-refractivity contribution is 5.94. The Balaban J connectivity index is 1.69. The maximum atomic E-state index is 12.6. The van der Waals surface area contributed by atoms with Crippen LogP contribution in [0, 0.1) is 0 Å². The highest BCUT2D eigenvalue weighted by atomic mass is 16.5. The molecule has 2 aromatic carbocycles. The van der Waals surface area contributed by atoms with Gasteiger partial charge in [0.15, 0.2) is 0 Å². The molecule has 3 aromatic rings. The summed E-state index contributed by atoms with van der Waals surface area (Å²) in [4.78, 5) is 28.2. The third-order valence-electron chi connectivity index (χ3n) is 3.81. The first-order valence-corrected chi connectivity index (χ1v) is 8.25. The van der Waals surface area contributed by atoms with Crippen LogP contribution in [0.3, 0.4) is 0 Å². The smallest absolute Gasteiger partial charge is 0.261 e. The zero-order valence-electron chi connectivity index (χ0n) is 14.1. The number of nitrogens with one attached hydrogen (secondary N) is 1. The SMILES string of the molecule is O=C(CO)Nc1ccc2ncn(CCCOc3ccccc3)c(=O)c2c1. The Kier molecular flexibility index (Phi) is 5.60. The van der Waals surface area contributed by atoms with Gasteiger partial charge >= 0.3 is 0 Å². The van der Waals surface area contributed by atoms with Gasteiger partial charge in [-0.25, -0.2) is 4.98 Å². The molecule has 1 heterocycles. The first-order valence-electron chi connectivity index (χ1n) is 8.25. The second-order valence-corrected chi connectivity index (χ2v) is 5.70. The summed E-state index contributed by atoms with van der Waals surface area (Å²) in [6.45, 7) is 0.347. The number of aliphatic hydroxyl groups excluding tert-OH is 1. The molecule has 0 unspecified atom stereocenters. The van der Waals surface area contributed by atoms with Gasteiger partial charge in [-0.05, 0) is 36.8 Å². The fourth-order valence-electron chi connectivity index (χ4n) is 2.54. The number of hydrogen-bond acceptors (Lipinski definition) is 5. The molecule has 134 valence electrons. The number of aryl methyl sites for hydroxylation is 1. The average molecular weight is 353 g/mol. The zero-order valence-corrected chi connectivity index (χ0v) is 14.1. The summed E-state index contributed by atoms with van der Waals surface area (Å²) < 4.78 is 7.15. The fraction of sp³-hybridized carbons (Fsp3) is 0.211. The zero-order chi connectivity index (χ0) is 18.4. The van der Waals surface area contributed by atoms with Crippen LogP contribution in [-0.4, -0.2) is 33.8 Å². The van der Waals surface area contributed by atoms with Gasteiger partial charge in [-0.15, -0.1) is 0 Å². The number of para-hydroxylation sites is 1. The largest absolute Gasteiger partial charge is 0.494 e. The molecule has 26 heavy (non-hydrogen) atoms. The van der Waals surface area contributed by atoms with Crippen molar-refractivity contribution in [1.82, 2.24) is 9.55 Å². The number of amides is 1. The van der Waals surface area contributed by atoms with Gasteiger partial charge in [0.2, 0.25) is 5.91 Å². The van der Waals surface area contributed by atoms with Crippen molar-refractivity contribution in [2.45, 2.75) is 13.0 Å². The van der Waals surface area contributed by atoms with Gasteiger partial charge in [-0.3, -0.25) is 14.2 Å². The third-order valence-corrected chi connectivity index (χ3v) is 3.81. The van der Waals surface area contributed by atoms with E-state index in [9.17, 15) is 9.59 Å². The predicted molar refractivity (Wildman–Crippen MR) is 98.3 cm³/mol. The first-order chi connectivity index (χ1) is 12.7. The number of benzene rings is 2. The monoisotopic (exact) mass is 353 g/mol. The first kappa shape index (κ1) is 17.6. The molecule has 0 fully saturated rings. The summed E-state index contributed by atoms with van der Waals surface area (Å²) in [5, 5.41) is 11.7. The molecular formula is C19H19N3O4. The van der Waals surface area contributed by atoms with Crippen LogP contribution >= 0.6 is 0 Å². The summed E-state index contributed by atoms with van der Waals surface area (Å²) in [5.41, 5.74) is 0.809. The van der Waals surface area contributed by atoms with Crippen LogP contribution in [0.2, 0.25) is 0 Å². The van der Waals surface area contributed by atoms with Crippen molar-refractivity contribution in [1.29, 1.82) is 0 Å². The van der Waals surface area contributed by atoms with Gasteiger partial charge < -0.3 is 15.2 Å². The Morgan fingerprint density at radius 1 is 1.19 bits per heavy atom. The van der Waals surface area contributed by atoms with E-state index in [1.54, 1.807) is 18.2 Å². The molecule has 0 atom stereocenters. The number of nitrogens with zero attached hydrogens (tertiary/aromatic N) is 2. The van der Waals surface area contributed by atoms with E-state index >= 15 is 0 Å². The minimum atomic E-state index is -0.614. The van der Waals surface area contributed by atoms with Crippen molar-refractivity contribution in [2.24, 2.45) is 0 Å². The number of aliphatic hydroxyl groups is 1. The molecule has 0 spiro atoms. The van der Waals surface area contributed by atoms with Crippen LogP contribution in [0.25, 0.3) is 10.9 Å². The van der Waals surface area contributed by atoms with Crippen LogP contribution < -0.4 is 15.6 Å². The Labute approximate surface area is 149 Å². The van der Waals surface area contributed by atoms with E-state index < -0.39 is 12.5 Å². The van der Waals surface area contributed by atoms with Gasteiger partial charge in [0.25, 0.3) is 5.56 Å². The number of carbonyl (C=O) groups is 1. The summed E-state index contributed by atoms with van der Waals surface area (Å²) in [7, 11) is 0. The number of ether oxygens (including phenoxy) is 1. The second-order valence-electron chi connectivity index (χ2n) is 5.70. The standard InChI is InChI=1S/C19H19N3O4/c23-12-18(24)21-14-7-8-17-16(11-14)19(25)22(13-20-17)9-4-10-26-15-5-2-1-3-6-15/h1-3,5-8,11,13,23H,4,9-10,12H2,(H,21,24). The lowest BCUT2D eigenvalue weighted by Gasteiger charge is -2.09. The lowest BCUT2D eigenvalue weighted by Crippen LogP contribution is -2.22. The highest BCUT2D eigenvalue weighted by Gasteiger charge is 2.07. The lowest BCUT2D eigenvalue weighted by molar-refractivity contribution is -0.118. The number of hydrogen-bond donors (Lipinski definition) is 2. The van der Waals surface area contributed by atoms with E-state index in [4.69, 9.17) is 9.84 Å². The molecule has 0 saturated carbocycles. The van der Waals surface area contributed by atoms with Crippen molar-refractivity contribution in [2.75, 3.05) is 18.5 Å². The predicted octanol–water partition coefficient (Wildman–Crippen LogP) is 1.80. The molecular weight excluding hydrogens is 334 g/mol. The number of anilines is 1. The molecule has 0 aliphatic carbocycles. The van der Waals surface area contributed by atoms with Gasteiger partial charge in [0, 0.05) is 12.2 Å². The molecule has 7 heteroatoms. The van der Waals surface area contributed by atoms with Gasteiger partial charge in [-0.1, -0.05) is 18.2 Å². The van der Waals surface area contributed by atoms with E-state index in [1.165, 1.54) is 10.9 Å². The van der Waals surface area contributed by atoms with Crippen molar-refractivity contribution < 1.29 is 14.6 Å². The molecule has 0 aliphatic heterocycles. The number of fused-ring (bicyclic) bond motifs is 1. The second kappa shape index (κ2) is 8.26. The molecule has 0 bridgehead atoms. The Morgan fingerprint density at radius 2 is 2.00 bits per heavy atom. The van der Waals surface area contributed by atoms with Crippen molar-refractivity contribution in [3.8, 4) is 5.75 Å². The van der Waals surface area contributed by atoms with Crippen LogP contribution in [0.5, 0.6) is 5.75 Å². The Hall–Kier alpha value is -3.19. The topological polar surface area (TPSA) is 93.5 Å². The van der Waals surface area contributed by atoms with E-state index in [0.29, 0.717) is 36.2 Å². The molecule has 1 aromatic heterocycles. The molecule has 0 saturated heterocycles. The molecule has 1 amide bonds. The third kappa shape index (κ3) is 4.25. The maximum absolute atomic E-state index is 12.6. The van der Waals surface area contributed by atoms with Gasteiger partial charge in [-0.2, -0.15) is 0 Å². The van der Waals surface area contributed by atoms with Crippen LogP contribution in [0.4, 0.5) is 5.69 Å². The minimum absolute atomic E-state index is 0.185. The molecule has 0 aliphatic rings. The number of aromatic nitrogens is 2. The van der Waals surface area contributed by atoms with Gasteiger partial charge in [0.05, 0.1) is 23.8 Å². The minimum Gasteiger partial charge on any atom is -0.494 e. The summed E-state index contributed by atoms with van der Waals surface area (Å²) in [5.74, 6) is 0.257. The average Bonchev–Trinajstić information content (AvgIpc) is 2.68. The quantitative estimate of drug-likeness (QED) is 0.632. The van der Waals surface area contributed by atoms with Crippen molar-refractivity contribution >= 4 is 22.5 Å². The Morgan fingerprint density at radius 3 is 2.77 bits per heavy atom.